The molecular formula is C21H20O4. The Bertz CT molecular complexity index is 847. The lowest BCUT2D eigenvalue weighted by molar-refractivity contribution is 0.102. The molecule has 0 saturated heterocycles. The molecule has 0 radical (unpaired) electrons. The van der Waals surface area contributed by atoms with Crippen LogP contribution in [0.15, 0.2) is 65.4 Å². The Kier molecular flexibility index (Phi) is 4.89. The van der Waals surface area contributed by atoms with Crippen LogP contribution >= 0.6 is 0 Å². The van der Waals surface area contributed by atoms with Crippen LogP contribution in [-0.4, -0.2) is 23.1 Å². The highest BCUT2D eigenvalue weighted by Gasteiger charge is 2.23. The van der Waals surface area contributed by atoms with Crippen molar-refractivity contribution in [3.8, 4) is 11.5 Å². The molecule has 4 heteroatoms. The van der Waals surface area contributed by atoms with Gasteiger partial charge in [0.25, 0.3) is 0 Å². The average molecular weight is 336 g/mol. The van der Waals surface area contributed by atoms with Gasteiger partial charge in [-0.1, -0.05) is 36.4 Å². The van der Waals surface area contributed by atoms with E-state index in [1.807, 2.05) is 18.2 Å². The zero-order valence-electron chi connectivity index (χ0n) is 14.0. The fourth-order valence-electron chi connectivity index (χ4n) is 3.01. The predicted molar refractivity (Wildman–Crippen MR) is 96.9 cm³/mol. The molecule has 0 bridgehead atoms. The first kappa shape index (κ1) is 16.8. The molecule has 0 heterocycles. The Morgan fingerprint density at radius 2 is 1.84 bits per heavy atom. The van der Waals surface area contributed by atoms with Crippen molar-refractivity contribution in [2.24, 2.45) is 0 Å². The SMILES string of the molecule is COc1ccc(/C=C2\CCCC(C(=O)c3ccccc3)=C2O)cc1O. The van der Waals surface area contributed by atoms with Gasteiger partial charge in [0.1, 0.15) is 5.76 Å². The van der Waals surface area contributed by atoms with Crippen LogP contribution in [0.2, 0.25) is 0 Å². The number of benzene rings is 2. The number of Topliss-reactive ketones (excluding diaryl/α,β-unsaturated/α-hetero) is 1. The Balaban J connectivity index is 1.94. The van der Waals surface area contributed by atoms with E-state index in [1.54, 1.807) is 36.4 Å². The van der Waals surface area contributed by atoms with Gasteiger partial charge in [0.2, 0.25) is 0 Å². The number of phenolic OH excluding ortho intramolecular Hbond substituents is 1. The summed E-state index contributed by atoms with van der Waals surface area (Å²) >= 11 is 0. The van der Waals surface area contributed by atoms with Crippen LogP contribution in [0.5, 0.6) is 11.5 Å². The molecule has 0 fully saturated rings. The number of phenols is 1. The van der Waals surface area contributed by atoms with Crippen LogP contribution in [0, 0.1) is 0 Å². The minimum atomic E-state index is -0.138. The topological polar surface area (TPSA) is 66.8 Å². The Hall–Kier alpha value is -3.01. The Labute approximate surface area is 146 Å². The zero-order chi connectivity index (χ0) is 17.8. The lowest BCUT2D eigenvalue weighted by Gasteiger charge is -2.18. The number of methoxy groups -OCH3 is 1. The summed E-state index contributed by atoms with van der Waals surface area (Å²) < 4.78 is 5.03. The third-order valence-corrected chi connectivity index (χ3v) is 4.32. The summed E-state index contributed by atoms with van der Waals surface area (Å²) in [5, 5.41) is 20.5. The molecule has 2 aromatic rings. The van der Waals surface area contributed by atoms with Gasteiger partial charge in [0, 0.05) is 11.1 Å². The van der Waals surface area contributed by atoms with Gasteiger partial charge < -0.3 is 14.9 Å². The van der Waals surface area contributed by atoms with Crippen LogP contribution in [-0.2, 0) is 0 Å². The summed E-state index contributed by atoms with van der Waals surface area (Å²) in [5.41, 5.74) is 2.47. The van der Waals surface area contributed by atoms with Crippen molar-refractivity contribution >= 4 is 11.9 Å². The highest BCUT2D eigenvalue weighted by molar-refractivity contribution is 6.09. The largest absolute Gasteiger partial charge is 0.507 e. The summed E-state index contributed by atoms with van der Waals surface area (Å²) in [5.74, 6) is 0.346. The van der Waals surface area contributed by atoms with Crippen LogP contribution in [0.1, 0.15) is 35.2 Å². The van der Waals surface area contributed by atoms with Crippen LogP contribution in [0.25, 0.3) is 6.08 Å². The number of aliphatic hydroxyl groups excluding tert-OH is 1. The summed E-state index contributed by atoms with van der Waals surface area (Å²) in [4.78, 5) is 12.6. The van der Waals surface area contributed by atoms with Gasteiger partial charge in [-0.15, -0.1) is 0 Å². The quantitative estimate of drug-likeness (QED) is 0.797. The monoisotopic (exact) mass is 336 g/mol. The lowest BCUT2D eigenvalue weighted by Crippen LogP contribution is -2.12. The number of hydrogen-bond donors (Lipinski definition) is 2. The predicted octanol–water partition coefficient (Wildman–Crippen LogP) is 4.66. The second kappa shape index (κ2) is 7.26. The van der Waals surface area contributed by atoms with Crippen molar-refractivity contribution in [1.82, 2.24) is 0 Å². The first-order valence-corrected chi connectivity index (χ1v) is 8.20. The number of carbonyl (C=O) groups excluding carboxylic acids is 1. The van der Waals surface area contributed by atoms with Crippen molar-refractivity contribution in [2.45, 2.75) is 19.3 Å². The van der Waals surface area contributed by atoms with Crippen molar-refractivity contribution in [1.29, 1.82) is 0 Å². The molecule has 4 nitrogen and oxygen atoms in total. The summed E-state index contributed by atoms with van der Waals surface area (Å²) in [6.45, 7) is 0. The smallest absolute Gasteiger partial charge is 0.192 e. The first-order valence-electron chi connectivity index (χ1n) is 8.20. The molecule has 0 saturated carbocycles. The molecule has 0 amide bonds. The number of ketones is 1. The second-order valence-electron chi connectivity index (χ2n) is 5.98. The fourth-order valence-corrected chi connectivity index (χ4v) is 3.01. The van der Waals surface area contributed by atoms with Crippen molar-refractivity contribution in [2.75, 3.05) is 7.11 Å². The molecule has 128 valence electrons. The Morgan fingerprint density at radius 1 is 1.08 bits per heavy atom. The van der Waals surface area contributed by atoms with Crippen LogP contribution in [0.4, 0.5) is 0 Å². The maximum Gasteiger partial charge on any atom is 0.192 e. The number of carbonyl (C=O) groups is 1. The lowest BCUT2D eigenvalue weighted by atomic mass is 9.88. The summed E-state index contributed by atoms with van der Waals surface area (Å²) in [6, 6.07) is 14.0. The van der Waals surface area contributed by atoms with E-state index in [2.05, 4.69) is 0 Å². The third kappa shape index (κ3) is 3.58. The van der Waals surface area contributed by atoms with Crippen LogP contribution in [0.3, 0.4) is 0 Å². The standard InChI is InChI=1S/C21H20O4/c1-25-19-11-10-14(13-18(19)22)12-16-8-5-9-17(21(16)24)20(23)15-6-3-2-4-7-15/h2-4,6-7,10-13,22,24H,5,8-9H2,1H3/b16-12+. The number of rotatable bonds is 4. The number of ether oxygens (including phenoxy) is 1. The molecule has 3 rings (SSSR count). The first-order chi connectivity index (χ1) is 12.1. The Morgan fingerprint density at radius 3 is 2.52 bits per heavy atom. The van der Waals surface area contributed by atoms with E-state index in [4.69, 9.17) is 4.74 Å². The van der Waals surface area contributed by atoms with E-state index < -0.39 is 0 Å². The molecule has 0 unspecified atom stereocenters. The maximum atomic E-state index is 12.6. The normalized spacial score (nSPS) is 16.1. The molecule has 0 aromatic heterocycles. The zero-order valence-corrected chi connectivity index (χ0v) is 14.0. The molecule has 0 atom stereocenters. The fraction of sp³-hybridized carbons (Fsp3) is 0.190. The van der Waals surface area contributed by atoms with E-state index in [0.29, 0.717) is 35.3 Å². The molecule has 25 heavy (non-hydrogen) atoms. The third-order valence-electron chi connectivity index (χ3n) is 4.32. The van der Waals surface area contributed by atoms with E-state index in [9.17, 15) is 15.0 Å². The second-order valence-corrected chi connectivity index (χ2v) is 5.98. The van der Waals surface area contributed by atoms with E-state index in [-0.39, 0.29) is 17.3 Å². The number of allylic oxidation sites excluding steroid dienone is 2. The molecule has 0 spiro atoms. The minimum absolute atomic E-state index is 0.0386. The van der Waals surface area contributed by atoms with Gasteiger partial charge in [0.15, 0.2) is 17.3 Å². The summed E-state index contributed by atoms with van der Waals surface area (Å²) in [7, 11) is 1.49. The molecular weight excluding hydrogens is 316 g/mol. The molecule has 2 N–H and O–H groups in total. The van der Waals surface area contributed by atoms with Gasteiger partial charge in [-0.25, -0.2) is 0 Å². The highest BCUT2D eigenvalue weighted by Crippen LogP contribution is 2.33. The summed E-state index contributed by atoms with van der Waals surface area (Å²) in [6.07, 6.45) is 3.84. The van der Waals surface area contributed by atoms with Crippen LogP contribution < -0.4 is 4.74 Å². The minimum Gasteiger partial charge on any atom is -0.507 e. The molecule has 1 aliphatic rings. The van der Waals surface area contributed by atoms with Gasteiger partial charge >= 0.3 is 0 Å². The molecule has 2 aromatic carbocycles. The number of aliphatic hydroxyl groups is 1. The molecule has 0 aliphatic heterocycles. The van der Waals surface area contributed by atoms with E-state index >= 15 is 0 Å². The van der Waals surface area contributed by atoms with Gasteiger partial charge in [-0.05, 0) is 48.6 Å². The van der Waals surface area contributed by atoms with Gasteiger partial charge in [-0.3, -0.25) is 4.79 Å². The van der Waals surface area contributed by atoms with Crippen molar-refractivity contribution in [3.05, 3.63) is 76.6 Å². The number of aromatic hydroxyl groups is 1. The maximum absolute atomic E-state index is 12.6. The molecule has 1 aliphatic carbocycles. The average Bonchev–Trinajstić information content (AvgIpc) is 2.64. The van der Waals surface area contributed by atoms with Gasteiger partial charge in [0.05, 0.1) is 7.11 Å². The number of hydrogen-bond acceptors (Lipinski definition) is 4. The van der Waals surface area contributed by atoms with Gasteiger partial charge in [-0.2, -0.15) is 0 Å². The highest BCUT2D eigenvalue weighted by atomic mass is 16.5. The van der Waals surface area contributed by atoms with Crippen molar-refractivity contribution < 1.29 is 19.7 Å². The van der Waals surface area contributed by atoms with E-state index in [1.165, 1.54) is 7.11 Å². The van der Waals surface area contributed by atoms with E-state index in [0.717, 1.165) is 12.0 Å². The van der Waals surface area contributed by atoms with Crippen molar-refractivity contribution in [3.63, 3.8) is 0 Å².